The van der Waals surface area contributed by atoms with Crippen LogP contribution in [-0.4, -0.2) is 24.3 Å². The van der Waals surface area contributed by atoms with Crippen LogP contribution in [0.4, 0.5) is 0 Å². The molecule has 1 aliphatic heterocycles. The second kappa shape index (κ2) is 1.80. The predicted molar refractivity (Wildman–Crippen MR) is 27.7 cm³/mol. The number of hydrogen-bond acceptors (Lipinski definition) is 2. The molecule has 1 heterocycles. The van der Waals surface area contributed by atoms with Crippen LogP contribution < -0.4 is 5.32 Å². The highest BCUT2D eigenvalue weighted by Gasteiger charge is 2.19. The number of β-amino-alcohol motifs (C(OH)–C–C–N with tert-alkyl or cyclic N) is 1. The fourth-order valence-electron chi connectivity index (χ4n) is 0.719. The molecule has 2 heteroatoms. The first-order valence-corrected chi connectivity index (χ1v) is 2.52. The quantitative estimate of drug-likeness (QED) is 0.426. The van der Waals surface area contributed by atoms with E-state index in [1.54, 1.807) is 0 Å². The molecule has 1 aliphatic rings. The number of nitrogens with one attached hydrogen (secondary N) is 1. The Morgan fingerprint density at radius 2 is 2.29 bits per heavy atom. The average Bonchev–Trinajstić information content (AvgIpc) is 1.91. The zero-order chi connectivity index (χ0) is 5.28. The fourth-order valence-corrected chi connectivity index (χ4v) is 0.719. The molecule has 2 N–H and O–H groups in total. The summed E-state index contributed by atoms with van der Waals surface area (Å²) in [4.78, 5) is 0. The molecule has 0 saturated carbocycles. The van der Waals surface area contributed by atoms with Crippen LogP contribution in [0.25, 0.3) is 0 Å². The van der Waals surface area contributed by atoms with Crippen molar-refractivity contribution in [2.24, 2.45) is 5.92 Å². The molecule has 1 radical (unpaired) electrons. The summed E-state index contributed by atoms with van der Waals surface area (Å²) in [5.74, 6) is 0.208. The van der Waals surface area contributed by atoms with Gasteiger partial charge in [0.05, 0.1) is 6.10 Å². The minimum absolute atomic E-state index is 0.208. The average molecular weight is 100 g/mol. The van der Waals surface area contributed by atoms with E-state index in [9.17, 15) is 0 Å². The van der Waals surface area contributed by atoms with Gasteiger partial charge in [-0.1, -0.05) is 0 Å². The molecule has 0 unspecified atom stereocenters. The zero-order valence-corrected chi connectivity index (χ0v) is 4.22. The summed E-state index contributed by atoms with van der Waals surface area (Å²) in [6.07, 6.45) is -0.208. The second-order valence-corrected chi connectivity index (χ2v) is 1.99. The van der Waals surface area contributed by atoms with Gasteiger partial charge >= 0.3 is 0 Å². The molecule has 0 spiro atoms. The van der Waals surface area contributed by atoms with Gasteiger partial charge in [-0.15, -0.1) is 0 Å². The van der Waals surface area contributed by atoms with E-state index in [4.69, 9.17) is 5.11 Å². The van der Waals surface area contributed by atoms with E-state index < -0.39 is 0 Å². The van der Waals surface area contributed by atoms with Gasteiger partial charge in [-0.05, 0) is 12.8 Å². The molecule has 1 saturated heterocycles. The maximum atomic E-state index is 8.87. The molecule has 2 atom stereocenters. The summed E-state index contributed by atoms with van der Waals surface area (Å²) in [6, 6.07) is 0. The summed E-state index contributed by atoms with van der Waals surface area (Å²) >= 11 is 0. The molecule has 0 aromatic rings. The van der Waals surface area contributed by atoms with Gasteiger partial charge in [0.2, 0.25) is 0 Å². The van der Waals surface area contributed by atoms with Crippen LogP contribution in [0.2, 0.25) is 0 Å². The predicted octanol–water partition coefficient (Wildman–Crippen LogP) is -0.599. The molecular formula is C5H10NO. The first-order valence-electron chi connectivity index (χ1n) is 2.52. The molecule has 1 rings (SSSR count). The highest BCUT2D eigenvalue weighted by Crippen LogP contribution is 2.04. The highest BCUT2D eigenvalue weighted by molar-refractivity contribution is 4.81. The van der Waals surface area contributed by atoms with Crippen LogP contribution >= 0.6 is 0 Å². The minimum Gasteiger partial charge on any atom is -0.391 e. The third-order valence-electron chi connectivity index (χ3n) is 1.30. The van der Waals surface area contributed by atoms with E-state index in [0.717, 1.165) is 6.54 Å². The van der Waals surface area contributed by atoms with E-state index in [1.165, 1.54) is 0 Å². The van der Waals surface area contributed by atoms with Crippen LogP contribution in [0.1, 0.15) is 0 Å². The molecule has 0 amide bonds. The summed E-state index contributed by atoms with van der Waals surface area (Å²) in [5.41, 5.74) is 0. The summed E-state index contributed by atoms with van der Waals surface area (Å²) in [6.45, 7) is 5.28. The third-order valence-corrected chi connectivity index (χ3v) is 1.30. The van der Waals surface area contributed by atoms with Crippen molar-refractivity contribution in [3.63, 3.8) is 0 Å². The molecule has 0 aromatic carbocycles. The van der Waals surface area contributed by atoms with Gasteiger partial charge in [0, 0.05) is 13.1 Å². The third kappa shape index (κ3) is 0.924. The van der Waals surface area contributed by atoms with Crippen molar-refractivity contribution in [2.75, 3.05) is 13.1 Å². The van der Waals surface area contributed by atoms with Crippen LogP contribution in [0, 0.1) is 12.8 Å². The number of rotatable bonds is 0. The highest BCUT2D eigenvalue weighted by atomic mass is 16.3. The maximum absolute atomic E-state index is 8.87. The van der Waals surface area contributed by atoms with Gasteiger partial charge in [-0.2, -0.15) is 0 Å². The Morgan fingerprint density at radius 3 is 2.43 bits per heavy atom. The lowest BCUT2D eigenvalue weighted by Gasteiger charge is -2.02. The van der Waals surface area contributed by atoms with Gasteiger partial charge in [-0.3, -0.25) is 0 Å². The monoisotopic (exact) mass is 100 g/mol. The lowest BCUT2D eigenvalue weighted by Crippen LogP contribution is -2.14. The van der Waals surface area contributed by atoms with Crippen LogP contribution in [0.3, 0.4) is 0 Å². The second-order valence-electron chi connectivity index (χ2n) is 1.99. The normalized spacial score (nSPS) is 42.0. The van der Waals surface area contributed by atoms with Gasteiger partial charge in [0.15, 0.2) is 0 Å². The van der Waals surface area contributed by atoms with Crippen LogP contribution in [0.15, 0.2) is 0 Å². The summed E-state index contributed by atoms with van der Waals surface area (Å²) in [7, 11) is 0. The van der Waals surface area contributed by atoms with Crippen molar-refractivity contribution in [1.29, 1.82) is 0 Å². The summed E-state index contributed by atoms with van der Waals surface area (Å²) < 4.78 is 0. The van der Waals surface area contributed by atoms with Crippen molar-refractivity contribution in [2.45, 2.75) is 6.10 Å². The molecule has 0 aromatic heterocycles. The molecule has 1 fully saturated rings. The fraction of sp³-hybridized carbons (Fsp3) is 0.800. The van der Waals surface area contributed by atoms with E-state index in [0.29, 0.717) is 6.54 Å². The maximum Gasteiger partial charge on any atom is 0.0704 e. The summed E-state index contributed by atoms with van der Waals surface area (Å²) in [5, 5.41) is 11.9. The zero-order valence-electron chi connectivity index (χ0n) is 4.22. The van der Waals surface area contributed by atoms with Crippen LogP contribution in [0.5, 0.6) is 0 Å². The van der Waals surface area contributed by atoms with Crippen molar-refractivity contribution in [3.8, 4) is 0 Å². The Morgan fingerprint density at radius 1 is 1.57 bits per heavy atom. The molecule has 2 nitrogen and oxygen atoms in total. The number of aliphatic hydroxyl groups is 1. The van der Waals surface area contributed by atoms with Gasteiger partial charge in [0.25, 0.3) is 0 Å². The van der Waals surface area contributed by atoms with Crippen molar-refractivity contribution in [3.05, 3.63) is 6.92 Å². The smallest absolute Gasteiger partial charge is 0.0704 e. The Balaban J connectivity index is 2.33. The largest absolute Gasteiger partial charge is 0.391 e. The first kappa shape index (κ1) is 5.06. The van der Waals surface area contributed by atoms with Gasteiger partial charge < -0.3 is 10.4 Å². The van der Waals surface area contributed by atoms with Crippen molar-refractivity contribution >= 4 is 0 Å². The van der Waals surface area contributed by atoms with Crippen LogP contribution in [-0.2, 0) is 0 Å². The lowest BCUT2D eigenvalue weighted by atomic mass is 10.1. The number of hydrogen-bond donors (Lipinski definition) is 2. The minimum atomic E-state index is -0.208. The van der Waals surface area contributed by atoms with Gasteiger partial charge in [-0.25, -0.2) is 0 Å². The topological polar surface area (TPSA) is 32.3 Å². The first-order chi connectivity index (χ1) is 3.30. The Bertz CT molecular complexity index is 57.1. The van der Waals surface area contributed by atoms with E-state index in [2.05, 4.69) is 12.2 Å². The van der Waals surface area contributed by atoms with Gasteiger partial charge in [0.1, 0.15) is 0 Å². The van der Waals surface area contributed by atoms with E-state index in [-0.39, 0.29) is 12.0 Å². The Labute approximate surface area is 43.5 Å². The van der Waals surface area contributed by atoms with Crippen molar-refractivity contribution < 1.29 is 5.11 Å². The number of aliphatic hydroxyl groups excluding tert-OH is 1. The molecule has 7 heavy (non-hydrogen) atoms. The van der Waals surface area contributed by atoms with E-state index >= 15 is 0 Å². The Kier molecular flexibility index (Phi) is 1.30. The molecule has 41 valence electrons. The molecular weight excluding hydrogens is 90.1 g/mol. The Hall–Kier alpha value is -0.0800. The van der Waals surface area contributed by atoms with Crippen molar-refractivity contribution in [1.82, 2.24) is 5.32 Å². The molecule has 0 aliphatic carbocycles. The lowest BCUT2D eigenvalue weighted by molar-refractivity contribution is 0.166. The van der Waals surface area contributed by atoms with E-state index in [1.807, 2.05) is 0 Å². The molecule has 0 bridgehead atoms. The SMILES string of the molecule is [CH2][C@@H]1CNC[C@@H]1O. The standard InChI is InChI=1S/C5H10NO/c1-4-2-6-3-5(4)7/h4-7H,1-3H2/t4-,5+/m1/s1.